The van der Waals surface area contributed by atoms with Crippen molar-refractivity contribution in [1.29, 1.82) is 0 Å². The van der Waals surface area contributed by atoms with Gasteiger partial charge >= 0.3 is 0 Å². The highest BCUT2D eigenvalue weighted by Crippen LogP contribution is 2.27. The van der Waals surface area contributed by atoms with E-state index in [2.05, 4.69) is 4.98 Å². The highest BCUT2D eigenvalue weighted by Gasteiger charge is 2.09. The Kier molecular flexibility index (Phi) is 3.60. The molecule has 0 aliphatic carbocycles. The predicted molar refractivity (Wildman–Crippen MR) is 76.1 cm³/mol. The SMILES string of the molecule is Fc1ccc(-c2cc(Oc3ccccc3)ccn2)c(F)c1. The fraction of sp³-hybridized carbons (Fsp3) is 0. The fourth-order valence-corrected chi connectivity index (χ4v) is 1.94. The molecule has 0 spiro atoms. The minimum absolute atomic E-state index is 0.231. The lowest BCUT2D eigenvalue weighted by Crippen LogP contribution is -1.91. The third-order valence-electron chi connectivity index (χ3n) is 2.92. The molecule has 0 aliphatic rings. The van der Waals surface area contributed by atoms with Gasteiger partial charge in [0.15, 0.2) is 0 Å². The average molecular weight is 283 g/mol. The first-order valence-corrected chi connectivity index (χ1v) is 6.37. The van der Waals surface area contributed by atoms with E-state index in [1.807, 2.05) is 30.3 Å². The van der Waals surface area contributed by atoms with Crippen molar-refractivity contribution in [2.24, 2.45) is 0 Å². The molecule has 0 radical (unpaired) electrons. The third kappa shape index (κ3) is 3.05. The van der Waals surface area contributed by atoms with Crippen molar-refractivity contribution >= 4 is 0 Å². The first-order chi connectivity index (χ1) is 10.2. The summed E-state index contributed by atoms with van der Waals surface area (Å²) in [5.74, 6) is -0.0588. The van der Waals surface area contributed by atoms with Crippen molar-refractivity contribution in [1.82, 2.24) is 4.98 Å². The molecule has 2 aromatic carbocycles. The van der Waals surface area contributed by atoms with Crippen LogP contribution in [-0.2, 0) is 0 Å². The second-order valence-corrected chi connectivity index (χ2v) is 4.42. The lowest BCUT2D eigenvalue weighted by Gasteiger charge is -2.07. The molecule has 104 valence electrons. The molecule has 0 aliphatic heterocycles. The Morgan fingerprint density at radius 2 is 1.62 bits per heavy atom. The number of hydrogen-bond acceptors (Lipinski definition) is 2. The first-order valence-electron chi connectivity index (χ1n) is 6.37. The van der Waals surface area contributed by atoms with Gasteiger partial charge in [-0.2, -0.15) is 0 Å². The van der Waals surface area contributed by atoms with Gasteiger partial charge in [0.1, 0.15) is 23.1 Å². The van der Waals surface area contributed by atoms with Gasteiger partial charge in [-0.25, -0.2) is 8.78 Å². The smallest absolute Gasteiger partial charge is 0.135 e. The van der Waals surface area contributed by atoms with E-state index in [4.69, 9.17) is 4.74 Å². The zero-order valence-corrected chi connectivity index (χ0v) is 11.0. The minimum atomic E-state index is -0.653. The summed E-state index contributed by atoms with van der Waals surface area (Å²) in [6.45, 7) is 0. The number of benzene rings is 2. The molecule has 0 atom stereocenters. The van der Waals surface area contributed by atoms with Crippen LogP contribution in [0.15, 0.2) is 66.9 Å². The molecule has 1 heterocycles. The highest BCUT2D eigenvalue weighted by molar-refractivity contribution is 5.61. The number of aromatic nitrogens is 1. The third-order valence-corrected chi connectivity index (χ3v) is 2.92. The molecule has 0 saturated carbocycles. The molecule has 21 heavy (non-hydrogen) atoms. The standard InChI is InChI=1S/C17H11F2NO/c18-12-6-7-15(16(19)10-12)17-11-14(8-9-20-17)21-13-4-2-1-3-5-13/h1-11H. The van der Waals surface area contributed by atoms with Crippen molar-refractivity contribution < 1.29 is 13.5 Å². The summed E-state index contributed by atoms with van der Waals surface area (Å²) in [4.78, 5) is 4.10. The number of pyridine rings is 1. The maximum absolute atomic E-state index is 13.8. The van der Waals surface area contributed by atoms with Gasteiger partial charge in [0.25, 0.3) is 0 Å². The first kappa shape index (κ1) is 13.2. The number of nitrogens with zero attached hydrogens (tertiary/aromatic N) is 1. The summed E-state index contributed by atoms with van der Waals surface area (Å²) >= 11 is 0. The van der Waals surface area contributed by atoms with Crippen LogP contribution in [0, 0.1) is 11.6 Å². The van der Waals surface area contributed by atoms with E-state index in [9.17, 15) is 8.78 Å². The van der Waals surface area contributed by atoms with Gasteiger partial charge in [0.05, 0.1) is 5.69 Å². The van der Waals surface area contributed by atoms with E-state index in [0.717, 1.165) is 6.07 Å². The summed E-state index contributed by atoms with van der Waals surface area (Å²) in [7, 11) is 0. The maximum Gasteiger partial charge on any atom is 0.135 e. The quantitative estimate of drug-likeness (QED) is 0.687. The predicted octanol–water partition coefficient (Wildman–Crippen LogP) is 4.82. The number of ether oxygens (including phenoxy) is 1. The van der Waals surface area contributed by atoms with Crippen LogP contribution in [0.25, 0.3) is 11.3 Å². The molecule has 3 rings (SSSR count). The molecular formula is C17H11F2NO. The van der Waals surface area contributed by atoms with Crippen LogP contribution in [0.5, 0.6) is 11.5 Å². The van der Waals surface area contributed by atoms with Gasteiger partial charge in [-0.05, 0) is 30.3 Å². The van der Waals surface area contributed by atoms with Crippen molar-refractivity contribution in [3.8, 4) is 22.8 Å². The summed E-state index contributed by atoms with van der Waals surface area (Å²) in [5.41, 5.74) is 0.621. The van der Waals surface area contributed by atoms with E-state index in [1.54, 1.807) is 12.1 Å². The van der Waals surface area contributed by atoms with Crippen molar-refractivity contribution in [3.05, 3.63) is 78.5 Å². The molecule has 0 N–H and O–H groups in total. The maximum atomic E-state index is 13.8. The van der Waals surface area contributed by atoms with E-state index < -0.39 is 11.6 Å². The molecule has 0 unspecified atom stereocenters. The van der Waals surface area contributed by atoms with Crippen molar-refractivity contribution in [3.63, 3.8) is 0 Å². The molecule has 0 amide bonds. The number of rotatable bonds is 3. The molecule has 0 saturated heterocycles. The van der Waals surface area contributed by atoms with E-state index in [0.29, 0.717) is 17.2 Å². The highest BCUT2D eigenvalue weighted by atomic mass is 19.1. The Labute approximate surface area is 120 Å². The van der Waals surface area contributed by atoms with Crippen molar-refractivity contribution in [2.45, 2.75) is 0 Å². The minimum Gasteiger partial charge on any atom is -0.457 e. The van der Waals surface area contributed by atoms with Gasteiger partial charge in [0.2, 0.25) is 0 Å². The lowest BCUT2D eigenvalue weighted by molar-refractivity contribution is 0.482. The van der Waals surface area contributed by atoms with Gasteiger partial charge in [-0.1, -0.05) is 18.2 Å². The van der Waals surface area contributed by atoms with Gasteiger partial charge in [-0.15, -0.1) is 0 Å². The Morgan fingerprint density at radius 3 is 2.38 bits per heavy atom. The summed E-state index contributed by atoms with van der Waals surface area (Å²) < 4.78 is 32.4. The van der Waals surface area contributed by atoms with Gasteiger partial charge in [0, 0.05) is 23.9 Å². The number of hydrogen-bond donors (Lipinski definition) is 0. The fourth-order valence-electron chi connectivity index (χ4n) is 1.94. The summed E-state index contributed by atoms with van der Waals surface area (Å²) in [6, 6.07) is 15.9. The molecular weight excluding hydrogens is 272 g/mol. The average Bonchev–Trinajstić information content (AvgIpc) is 2.48. The topological polar surface area (TPSA) is 22.1 Å². The monoisotopic (exact) mass is 283 g/mol. The van der Waals surface area contributed by atoms with Crippen LogP contribution in [0.2, 0.25) is 0 Å². The molecule has 4 heteroatoms. The zero-order chi connectivity index (χ0) is 14.7. The van der Waals surface area contributed by atoms with Gasteiger partial charge in [-0.3, -0.25) is 4.98 Å². The summed E-state index contributed by atoms with van der Waals surface area (Å²) in [6.07, 6.45) is 1.52. The second-order valence-electron chi connectivity index (χ2n) is 4.42. The van der Waals surface area contributed by atoms with E-state index in [-0.39, 0.29) is 5.56 Å². The molecule has 0 bridgehead atoms. The Hall–Kier alpha value is -2.75. The number of halogens is 2. The van der Waals surface area contributed by atoms with Crippen LogP contribution >= 0.6 is 0 Å². The van der Waals surface area contributed by atoms with E-state index >= 15 is 0 Å². The van der Waals surface area contributed by atoms with Crippen LogP contribution in [0.4, 0.5) is 8.78 Å². The zero-order valence-electron chi connectivity index (χ0n) is 11.0. The molecule has 0 fully saturated rings. The number of para-hydroxylation sites is 1. The lowest BCUT2D eigenvalue weighted by atomic mass is 10.1. The van der Waals surface area contributed by atoms with Crippen molar-refractivity contribution in [2.75, 3.05) is 0 Å². The molecule has 2 nitrogen and oxygen atoms in total. The Balaban J connectivity index is 1.93. The molecule has 1 aromatic heterocycles. The van der Waals surface area contributed by atoms with Gasteiger partial charge < -0.3 is 4.74 Å². The Morgan fingerprint density at radius 1 is 0.810 bits per heavy atom. The Bertz CT molecular complexity index is 760. The summed E-state index contributed by atoms with van der Waals surface area (Å²) in [5, 5.41) is 0. The largest absolute Gasteiger partial charge is 0.457 e. The van der Waals surface area contributed by atoms with E-state index in [1.165, 1.54) is 18.3 Å². The van der Waals surface area contributed by atoms with Crippen LogP contribution in [0.1, 0.15) is 0 Å². The molecule has 3 aromatic rings. The normalized spacial score (nSPS) is 10.4. The van der Waals surface area contributed by atoms with Crippen LogP contribution in [-0.4, -0.2) is 4.98 Å². The van der Waals surface area contributed by atoms with Crippen LogP contribution in [0.3, 0.4) is 0 Å². The van der Waals surface area contributed by atoms with Crippen LogP contribution < -0.4 is 4.74 Å². The second kappa shape index (κ2) is 5.71.